The molecule has 1 atom stereocenters. The van der Waals surface area contributed by atoms with Crippen LogP contribution in [0.3, 0.4) is 0 Å². The van der Waals surface area contributed by atoms with Crippen LogP contribution in [0.5, 0.6) is 0 Å². The Bertz CT molecular complexity index is 549. The number of hydrogen-bond donors (Lipinski definition) is 1. The molecule has 0 spiro atoms. The summed E-state index contributed by atoms with van der Waals surface area (Å²) in [6.45, 7) is 2.04. The third-order valence-corrected chi connectivity index (χ3v) is 3.04. The lowest BCUT2D eigenvalue weighted by Crippen LogP contribution is -2.12. The summed E-state index contributed by atoms with van der Waals surface area (Å²) in [4.78, 5) is 10.9. The highest BCUT2D eigenvalue weighted by Gasteiger charge is 2.20. The Kier molecular flexibility index (Phi) is 4.18. The number of rotatable bonds is 4. The zero-order chi connectivity index (χ0) is 13.7. The Labute approximate surface area is 112 Å². The molecule has 0 aromatic heterocycles. The first-order chi connectivity index (χ1) is 9.22. The molecule has 0 amide bonds. The van der Waals surface area contributed by atoms with E-state index in [9.17, 15) is 4.79 Å². The molecule has 0 saturated carbocycles. The smallest absolute Gasteiger partial charge is 0.450 e. The van der Waals surface area contributed by atoms with Gasteiger partial charge in [0.25, 0.3) is 0 Å². The van der Waals surface area contributed by atoms with E-state index in [1.165, 1.54) is 0 Å². The standard InChI is InChI=1S/C16H16O3/c1-2-12-8-6-7-11-14(12)15(19-16(17)18)13-9-4-3-5-10-13/h3-11,15H,2H2,1H3,(H,17,18). The molecule has 19 heavy (non-hydrogen) atoms. The maximum Gasteiger partial charge on any atom is 0.506 e. The Morgan fingerprint density at radius 2 is 1.74 bits per heavy atom. The number of hydrogen-bond acceptors (Lipinski definition) is 2. The minimum absolute atomic E-state index is 0.574. The molecule has 1 N–H and O–H groups in total. The Hall–Kier alpha value is -2.29. The summed E-state index contributed by atoms with van der Waals surface area (Å²) in [7, 11) is 0. The van der Waals surface area contributed by atoms with Crippen molar-refractivity contribution in [1.29, 1.82) is 0 Å². The highest BCUT2D eigenvalue weighted by atomic mass is 16.7. The Balaban J connectivity index is 2.46. The fourth-order valence-corrected chi connectivity index (χ4v) is 2.15. The average molecular weight is 256 g/mol. The quantitative estimate of drug-likeness (QED) is 0.840. The van der Waals surface area contributed by atoms with Gasteiger partial charge in [-0.3, -0.25) is 0 Å². The van der Waals surface area contributed by atoms with E-state index < -0.39 is 12.3 Å². The second kappa shape index (κ2) is 6.05. The van der Waals surface area contributed by atoms with Crippen molar-refractivity contribution in [2.75, 3.05) is 0 Å². The molecule has 98 valence electrons. The molecule has 0 aliphatic rings. The summed E-state index contributed by atoms with van der Waals surface area (Å²) in [5.74, 6) is 0. The molecule has 0 aliphatic carbocycles. The highest BCUT2D eigenvalue weighted by Crippen LogP contribution is 2.29. The minimum atomic E-state index is -1.26. The molecule has 2 aromatic carbocycles. The van der Waals surface area contributed by atoms with Gasteiger partial charge in [0.1, 0.15) is 0 Å². The second-order valence-corrected chi connectivity index (χ2v) is 4.23. The van der Waals surface area contributed by atoms with E-state index in [4.69, 9.17) is 9.84 Å². The van der Waals surface area contributed by atoms with Crippen molar-refractivity contribution in [3.63, 3.8) is 0 Å². The molecule has 0 radical (unpaired) electrons. The number of carboxylic acid groups (broad SMARTS) is 1. The van der Waals surface area contributed by atoms with Crippen LogP contribution < -0.4 is 0 Å². The van der Waals surface area contributed by atoms with Crippen LogP contribution in [0, 0.1) is 0 Å². The van der Waals surface area contributed by atoms with Gasteiger partial charge in [0.15, 0.2) is 6.10 Å². The lowest BCUT2D eigenvalue weighted by atomic mass is 9.95. The average Bonchev–Trinajstić information content (AvgIpc) is 2.45. The van der Waals surface area contributed by atoms with Crippen LogP contribution in [0.25, 0.3) is 0 Å². The minimum Gasteiger partial charge on any atom is -0.450 e. The second-order valence-electron chi connectivity index (χ2n) is 4.23. The van der Waals surface area contributed by atoms with Crippen molar-refractivity contribution in [3.05, 3.63) is 71.3 Å². The van der Waals surface area contributed by atoms with Gasteiger partial charge in [-0.15, -0.1) is 0 Å². The van der Waals surface area contributed by atoms with Gasteiger partial charge in [-0.05, 0) is 17.5 Å². The molecule has 0 saturated heterocycles. The van der Waals surface area contributed by atoms with E-state index in [1.807, 2.05) is 61.5 Å². The van der Waals surface area contributed by atoms with Crippen LogP contribution >= 0.6 is 0 Å². The van der Waals surface area contributed by atoms with Crippen LogP contribution in [-0.4, -0.2) is 11.3 Å². The SMILES string of the molecule is CCc1ccccc1C(OC(=O)O)c1ccccc1. The third-order valence-electron chi connectivity index (χ3n) is 3.04. The Morgan fingerprint density at radius 1 is 1.11 bits per heavy atom. The van der Waals surface area contributed by atoms with Gasteiger partial charge in [-0.1, -0.05) is 61.5 Å². The van der Waals surface area contributed by atoms with Crippen LogP contribution in [-0.2, 0) is 11.2 Å². The van der Waals surface area contributed by atoms with Gasteiger partial charge < -0.3 is 9.84 Å². The van der Waals surface area contributed by atoms with Gasteiger partial charge in [0.2, 0.25) is 0 Å². The van der Waals surface area contributed by atoms with Crippen LogP contribution in [0.1, 0.15) is 29.7 Å². The summed E-state index contributed by atoms with van der Waals surface area (Å²) < 4.78 is 5.08. The predicted molar refractivity (Wildman–Crippen MR) is 73.2 cm³/mol. The number of benzene rings is 2. The summed E-state index contributed by atoms with van der Waals surface area (Å²) in [6.07, 6.45) is -1.00. The van der Waals surface area contributed by atoms with Gasteiger partial charge in [-0.25, -0.2) is 4.79 Å². The monoisotopic (exact) mass is 256 g/mol. The molecule has 3 nitrogen and oxygen atoms in total. The summed E-state index contributed by atoms with van der Waals surface area (Å²) >= 11 is 0. The zero-order valence-corrected chi connectivity index (χ0v) is 10.7. The first kappa shape index (κ1) is 13.1. The maximum atomic E-state index is 10.9. The molecular formula is C16H16O3. The predicted octanol–water partition coefficient (Wildman–Crippen LogP) is 4.03. The molecule has 0 bridgehead atoms. The molecule has 2 aromatic rings. The molecule has 0 aliphatic heterocycles. The zero-order valence-electron chi connectivity index (χ0n) is 10.7. The summed E-state index contributed by atoms with van der Waals surface area (Å²) in [5.41, 5.74) is 2.84. The van der Waals surface area contributed by atoms with Crippen LogP contribution in [0.4, 0.5) is 4.79 Å². The number of carbonyl (C=O) groups is 1. The fraction of sp³-hybridized carbons (Fsp3) is 0.188. The molecule has 2 rings (SSSR count). The van der Waals surface area contributed by atoms with Crippen molar-refractivity contribution in [2.24, 2.45) is 0 Å². The largest absolute Gasteiger partial charge is 0.506 e. The van der Waals surface area contributed by atoms with Crippen molar-refractivity contribution in [2.45, 2.75) is 19.4 Å². The number of aryl methyl sites for hydroxylation is 1. The van der Waals surface area contributed by atoms with Crippen LogP contribution in [0.15, 0.2) is 54.6 Å². The van der Waals surface area contributed by atoms with E-state index in [0.717, 1.165) is 23.1 Å². The van der Waals surface area contributed by atoms with Crippen molar-refractivity contribution in [3.8, 4) is 0 Å². The molecule has 1 unspecified atom stereocenters. The maximum absolute atomic E-state index is 10.9. The normalized spacial score (nSPS) is 11.8. The summed E-state index contributed by atoms with van der Waals surface area (Å²) in [6, 6.07) is 17.2. The third kappa shape index (κ3) is 3.13. The summed E-state index contributed by atoms with van der Waals surface area (Å²) in [5, 5.41) is 8.95. The fourth-order valence-electron chi connectivity index (χ4n) is 2.15. The van der Waals surface area contributed by atoms with E-state index in [1.54, 1.807) is 0 Å². The first-order valence-electron chi connectivity index (χ1n) is 6.24. The van der Waals surface area contributed by atoms with Crippen LogP contribution in [0.2, 0.25) is 0 Å². The van der Waals surface area contributed by atoms with E-state index in [2.05, 4.69) is 0 Å². The Morgan fingerprint density at radius 3 is 2.37 bits per heavy atom. The molecular weight excluding hydrogens is 240 g/mol. The van der Waals surface area contributed by atoms with E-state index in [0.29, 0.717) is 0 Å². The lowest BCUT2D eigenvalue weighted by Gasteiger charge is -2.19. The van der Waals surface area contributed by atoms with E-state index >= 15 is 0 Å². The molecule has 3 heteroatoms. The van der Waals surface area contributed by atoms with Gasteiger partial charge in [0, 0.05) is 5.56 Å². The van der Waals surface area contributed by atoms with Gasteiger partial charge in [-0.2, -0.15) is 0 Å². The highest BCUT2D eigenvalue weighted by molar-refractivity contribution is 5.58. The topological polar surface area (TPSA) is 46.5 Å². The van der Waals surface area contributed by atoms with Gasteiger partial charge >= 0.3 is 6.16 Å². The number of ether oxygens (including phenoxy) is 1. The van der Waals surface area contributed by atoms with Crippen molar-refractivity contribution < 1.29 is 14.6 Å². The first-order valence-corrected chi connectivity index (χ1v) is 6.24. The molecule has 0 fully saturated rings. The molecule has 0 heterocycles. The van der Waals surface area contributed by atoms with Gasteiger partial charge in [0.05, 0.1) is 0 Å². The lowest BCUT2D eigenvalue weighted by molar-refractivity contribution is 0.0660. The van der Waals surface area contributed by atoms with Crippen molar-refractivity contribution >= 4 is 6.16 Å². The van der Waals surface area contributed by atoms with E-state index in [-0.39, 0.29) is 0 Å². The van der Waals surface area contributed by atoms with Crippen molar-refractivity contribution in [1.82, 2.24) is 0 Å².